The predicted octanol–water partition coefficient (Wildman–Crippen LogP) is 5.36. The quantitative estimate of drug-likeness (QED) is 0.673. The second-order valence-electron chi connectivity index (χ2n) is 4.60. The minimum atomic E-state index is 0.633. The molecule has 0 bridgehead atoms. The van der Waals surface area contributed by atoms with Crippen molar-refractivity contribution in [2.45, 2.75) is 22.6 Å². The Hall–Kier alpha value is -0.640. The van der Waals surface area contributed by atoms with E-state index in [0.717, 1.165) is 23.9 Å². The zero-order chi connectivity index (χ0) is 13.9. The molecule has 4 heteroatoms. The molecule has 1 heterocycles. The van der Waals surface area contributed by atoms with Crippen LogP contribution in [0.4, 0.5) is 0 Å². The van der Waals surface area contributed by atoms with Crippen LogP contribution in [0.2, 0.25) is 5.02 Å². The van der Waals surface area contributed by atoms with Crippen molar-refractivity contribution in [3.63, 3.8) is 0 Å². The van der Waals surface area contributed by atoms with Gasteiger partial charge in [-0.25, -0.2) is 0 Å². The maximum atomic E-state index is 6.31. The third-order valence-electron chi connectivity index (χ3n) is 3.33. The normalized spacial score (nSPS) is 13.3. The van der Waals surface area contributed by atoms with E-state index in [9.17, 15) is 0 Å². The standard InChI is InChI=1S/C16H14BrClOS/c17-9-10-19-16-12-6-5-11-3-1-2-4-14(11)20-15(12)8-7-13(16)18/h1-4,7-8H,5-6,9-10H2. The lowest BCUT2D eigenvalue weighted by atomic mass is 10.0. The third kappa shape index (κ3) is 2.85. The molecule has 0 unspecified atom stereocenters. The van der Waals surface area contributed by atoms with E-state index >= 15 is 0 Å². The molecule has 0 spiro atoms. The van der Waals surface area contributed by atoms with E-state index in [1.165, 1.54) is 20.9 Å². The highest BCUT2D eigenvalue weighted by Crippen LogP contribution is 2.43. The van der Waals surface area contributed by atoms with Gasteiger partial charge in [0.25, 0.3) is 0 Å². The molecule has 0 saturated carbocycles. The first-order chi connectivity index (χ1) is 9.79. The number of fused-ring (bicyclic) bond motifs is 2. The molecule has 1 nitrogen and oxygen atoms in total. The average molecular weight is 370 g/mol. The maximum Gasteiger partial charge on any atom is 0.142 e. The van der Waals surface area contributed by atoms with Crippen molar-refractivity contribution < 1.29 is 4.74 Å². The zero-order valence-electron chi connectivity index (χ0n) is 10.9. The van der Waals surface area contributed by atoms with E-state index in [1.807, 2.05) is 17.8 Å². The minimum absolute atomic E-state index is 0.633. The van der Waals surface area contributed by atoms with Gasteiger partial charge in [-0.15, -0.1) is 0 Å². The van der Waals surface area contributed by atoms with Crippen LogP contribution in [-0.2, 0) is 12.8 Å². The van der Waals surface area contributed by atoms with Crippen LogP contribution in [0, 0.1) is 0 Å². The van der Waals surface area contributed by atoms with Gasteiger partial charge in [0.2, 0.25) is 0 Å². The highest BCUT2D eigenvalue weighted by molar-refractivity contribution is 9.09. The zero-order valence-corrected chi connectivity index (χ0v) is 14.0. The Morgan fingerprint density at radius 1 is 1.10 bits per heavy atom. The predicted molar refractivity (Wildman–Crippen MR) is 88.7 cm³/mol. The number of benzene rings is 2. The first-order valence-electron chi connectivity index (χ1n) is 6.55. The van der Waals surface area contributed by atoms with Crippen molar-refractivity contribution in [2.75, 3.05) is 11.9 Å². The summed E-state index contributed by atoms with van der Waals surface area (Å²) in [5, 5.41) is 1.51. The van der Waals surface area contributed by atoms with Crippen LogP contribution in [0.3, 0.4) is 0 Å². The van der Waals surface area contributed by atoms with Gasteiger partial charge in [0, 0.05) is 20.7 Å². The smallest absolute Gasteiger partial charge is 0.142 e. The van der Waals surface area contributed by atoms with Crippen molar-refractivity contribution in [1.29, 1.82) is 0 Å². The molecule has 20 heavy (non-hydrogen) atoms. The molecule has 1 aliphatic rings. The molecule has 0 saturated heterocycles. The summed E-state index contributed by atoms with van der Waals surface area (Å²) >= 11 is 11.5. The number of hydrogen-bond acceptors (Lipinski definition) is 2. The number of rotatable bonds is 3. The van der Waals surface area contributed by atoms with Gasteiger partial charge in [-0.2, -0.15) is 0 Å². The topological polar surface area (TPSA) is 9.23 Å². The molecule has 3 rings (SSSR count). The van der Waals surface area contributed by atoms with Gasteiger partial charge in [0.15, 0.2) is 0 Å². The van der Waals surface area contributed by atoms with Crippen molar-refractivity contribution in [3.05, 3.63) is 52.5 Å². The summed E-state index contributed by atoms with van der Waals surface area (Å²) in [4.78, 5) is 2.59. The van der Waals surface area contributed by atoms with Crippen LogP contribution in [0.1, 0.15) is 11.1 Å². The summed E-state index contributed by atoms with van der Waals surface area (Å²) in [6.45, 7) is 0.633. The number of alkyl halides is 1. The second kappa shape index (κ2) is 6.42. The SMILES string of the molecule is Clc1ccc2c(c1OCCBr)CCc1ccccc1S2. The largest absolute Gasteiger partial charge is 0.491 e. The molecule has 2 aromatic carbocycles. The molecule has 0 fully saturated rings. The first kappa shape index (κ1) is 14.3. The molecule has 0 N–H and O–H groups in total. The lowest BCUT2D eigenvalue weighted by molar-refractivity contribution is 0.340. The Bertz CT molecular complexity index is 630. The molecule has 0 radical (unpaired) electrons. The molecular weight excluding hydrogens is 356 g/mol. The van der Waals surface area contributed by atoms with Crippen molar-refractivity contribution in [1.82, 2.24) is 0 Å². The fraction of sp³-hybridized carbons (Fsp3) is 0.250. The fourth-order valence-electron chi connectivity index (χ4n) is 2.40. The summed E-state index contributed by atoms with van der Waals surface area (Å²) < 4.78 is 5.85. The van der Waals surface area contributed by atoms with Crippen LogP contribution < -0.4 is 4.74 Å². The Kier molecular flexibility index (Phi) is 4.59. The monoisotopic (exact) mass is 368 g/mol. The molecule has 0 amide bonds. The van der Waals surface area contributed by atoms with Gasteiger partial charge < -0.3 is 4.74 Å². The van der Waals surface area contributed by atoms with Crippen LogP contribution >= 0.6 is 39.3 Å². The molecule has 0 atom stereocenters. The molecule has 0 aromatic heterocycles. The van der Waals surface area contributed by atoms with E-state index in [1.54, 1.807) is 0 Å². The molecule has 2 aromatic rings. The summed E-state index contributed by atoms with van der Waals surface area (Å²) in [5.41, 5.74) is 2.64. The van der Waals surface area contributed by atoms with Crippen molar-refractivity contribution in [2.24, 2.45) is 0 Å². The summed E-state index contributed by atoms with van der Waals surface area (Å²) in [6.07, 6.45) is 2.00. The molecule has 0 aliphatic carbocycles. The number of aryl methyl sites for hydroxylation is 1. The second-order valence-corrected chi connectivity index (χ2v) is 6.88. The Balaban J connectivity index is 2.01. The van der Waals surface area contributed by atoms with Gasteiger partial charge in [-0.3, -0.25) is 0 Å². The van der Waals surface area contributed by atoms with Gasteiger partial charge >= 0.3 is 0 Å². The van der Waals surface area contributed by atoms with E-state index < -0.39 is 0 Å². The van der Waals surface area contributed by atoms with Gasteiger partial charge in [0.1, 0.15) is 5.75 Å². The average Bonchev–Trinajstić information content (AvgIpc) is 2.66. The Morgan fingerprint density at radius 2 is 1.95 bits per heavy atom. The number of ether oxygens (including phenoxy) is 1. The highest BCUT2D eigenvalue weighted by atomic mass is 79.9. The lowest BCUT2D eigenvalue weighted by Gasteiger charge is -2.14. The van der Waals surface area contributed by atoms with E-state index in [-0.39, 0.29) is 0 Å². The molecule has 104 valence electrons. The van der Waals surface area contributed by atoms with Crippen LogP contribution in [0.25, 0.3) is 0 Å². The van der Waals surface area contributed by atoms with E-state index in [2.05, 4.69) is 46.3 Å². The summed E-state index contributed by atoms with van der Waals surface area (Å²) in [5.74, 6) is 0.851. The third-order valence-corrected chi connectivity index (χ3v) is 5.17. The van der Waals surface area contributed by atoms with Crippen molar-refractivity contribution in [3.8, 4) is 5.75 Å². The highest BCUT2D eigenvalue weighted by Gasteiger charge is 2.19. The van der Waals surface area contributed by atoms with Crippen molar-refractivity contribution >= 4 is 39.3 Å². The van der Waals surface area contributed by atoms with Gasteiger partial charge in [-0.1, -0.05) is 57.5 Å². The summed E-state index contributed by atoms with van der Waals surface area (Å²) in [6, 6.07) is 12.6. The molecule has 1 aliphatic heterocycles. The Labute approximate surface area is 136 Å². The lowest BCUT2D eigenvalue weighted by Crippen LogP contribution is -2.03. The minimum Gasteiger partial charge on any atom is -0.491 e. The van der Waals surface area contributed by atoms with Gasteiger partial charge in [-0.05, 0) is 36.6 Å². The number of halogens is 2. The Morgan fingerprint density at radius 3 is 2.80 bits per heavy atom. The molecular formula is C16H14BrClOS. The van der Waals surface area contributed by atoms with Crippen LogP contribution in [0.15, 0.2) is 46.2 Å². The van der Waals surface area contributed by atoms with E-state index in [0.29, 0.717) is 11.6 Å². The first-order valence-corrected chi connectivity index (χ1v) is 8.87. The maximum absolute atomic E-state index is 6.31. The van der Waals surface area contributed by atoms with Gasteiger partial charge in [0.05, 0.1) is 11.6 Å². The van der Waals surface area contributed by atoms with E-state index in [4.69, 9.17) is 16.3 Å². The fourth-order valence-corrected chi connectivity index (χ4v) is 3.93. The summed E-state index contributed by atoms with van der Waals surface area (Å²) in [7, 11) is 0. The van der Waals surface area contributed by atoms with Crippen LogP contribution in [-0.4, -0.2) is 11.9 Å². The number of hydrogen-bond donors (Lipinski definition) is 0. The van der Waals surface area contributed by atoms with Crippen LogP contribution in [0.5, 0.6) is 5.75 Å².